The zero-order valence-corrected chi connectivity index (χ0v) is 15.0. The first-order chi connectivity index (χ1) is 9.74. The molecule has 0 bridgehead atoms. The molecule has 5 heteroatoms. The smallest absolute Gasteiger partial charge is 0.195 e. The second-order valence-corrected chi connectivity index (χ2v) is 12.2. The highest BCUT2D eigenvalue weighted by Crippen LogP contribution is 2.44. The van der Waals surface area contributed by atoms with Crippen LogP contribution in [0.1, 0.15) is 52.3 Å². The molecule has 0 amide bonds. The molecular weight excluding hydrogens is 280 g/mol. The van der Waals surface area contributed by atoms with E-state index in [-0.39, 0.29) is 5.04 Å². The van der Waals surface area contributed by atoms with Gasteiger partial charge in [0.25, 0.3) is 0 Å². The van der Waals surface area contributed by atoms with Crippen molar-refractivity contribution in [3.05, 3.63) is 24.3 Å². The van der Waals surface area contributed by atoms with E-state index >= 15 is 0 Å². The largest absolute Gasteiger partial charge is 0.390 e. The molecule has 1 aliphatic carbocycles. The lowest BCUT2D eigenvalue weighted by molar-refractivity contribution is -0.194. The molecule has 4 nitrogen and oxygen atoms in total. The highest BCUT2D eigenvalue weighted by Gasteiger charge is 2.46. The van der Waals surface area contributed by atoms with Crippen LogP contribution in [0.15, 0.2) is 18.5 Å². The molecule has 0 aliphatic heterocycles. The third-order valence-electron chi connectivity index (χ3n) is 4.70. The molecule has 0 aromatic carbocycles. The molecule has 0 spiro atoms. The summed E-state index contributed by atoms with van der Waals surface area (Å²) in [6, 6.07) is 1.82. The predicted molar refractivity (Wildman–Crippen MR) is 86.3 cm³/mol. The van der Waals surface area contributed by atoms with E-state index in [4.69, 9.17) is 9.16 Å². The molecule has 1 fully saturated rings. The summed E-state index contributed by atoms with van der Waals surface area (Å²) in [7, 11) is -1.85. The van der Waals surface area contributed by atoms with E-state index in [1.54, 1.807) is 12.4 Å². The van der Waals surface area contributed by atoms with E-state index in [1.165, 1.54) is 12.8 Å². The summed E-state index contributed by atoms with van der Waals surface area (Å²) in [5.41, 5.74) is 0. The van der Waals surface area contributed by atoms with Gasteiger partial charge in [-0.05, 0) is 37.0 Å². The summed E-state index contributed by atoms with van der Waals surface area (Å²) in [6.45, 7) is 11.8. The Hall–Kier alpha value is -0.783. The fraction of sp³-hybridized carbons (Fsp3) is 0.750. The first-order valence-corrected chi connectivity index (χ1v) is 10.8. The molecule has 1 heterocycles. The molecule has 0 saturated heterocycles. The first-order valence-electron chi connectivity index (χ1n) is 7.84. The summed E-state index contributed by atoms with van der Waals surface area (Å²) >= 11 is 0. The zero-order valence-electron chi connectivity index (χ0n) is 14.0. The van der Waals surface area contributed by atoms with Crippen LogP contribution in [0.5, 0.6) is 0 Å². The van der Waals surface area contributed by atoms with Gasteiger partial charge < -0.3 is 9.16 Å². The highest BCUT2D eigenvalue weighted by molar-refractivity contribution is 6.74. The molecule has 1 aromatic heterocycles. The van der Waals surface area contributed by atoms with E-state index in [0.717, 1.165) is 18.7 Å². The molecule has 0 N–H and O–H groups in total. The van der Waals surface area contributed by atoms with Crippen LogP contribution in [0.25, 0.3) is 0 Å². The number of rotatable bonds is 5. The molecule has 1 aromatic rings. The summed E-state index contributed by atoms with van der Waals surface area (Å²) in [4.78, 5) is 8.47. The van der Waals surface area contributed by atoms with Crippen LogP contribution < -0.4 is 0 Å². The van der Waals surface area contributed by atoms with Crippen molar-refractivity contribution in [3.63, 3.8) is 0 Å². The van der Waals surface area contributed by atoms with E-state index in [9.17, 15) is 0 Å². The Kier molecular flexibility index (Phi) is 4.85. The van der Waals surface area contributed by atoms with Crippen LogP contribution in [0.3, 0.4) is 0 Å². The van der Waals surface area contributed by atoms with Gasteiger partial charge in [-0.1, -0.05) is 20.8 Å². The van der Waals surface area contributed by atoms with Crippen LogP contribution in [-0.4, -0.2) is 24.1 Å². The molecular formula is C16H28N2O2Si. The van der Waals surface area contributed by atoms with Gasteiger partial charge in [0.1, 0.15) is 6.61 Å². The van der Waals surface area contributed by atoms with E-state index in [2.05, 4.69) is 43.8 Å². The maximum absolute atomic E-state index is 6.63. The van der Waals surface area contributed by atoms with E-state index in [1.807, 2.05) is 6.07 Å². The minimum atomic E-state index is -1.85. The molecule has 0 unspecified atom stereocenters. The predicted octanol–water partition coefficient (Wildman–Crippen LogP) is 4.29. The molecule has 1 saturated carbocycles. The van der Waals surface area contributed by atoms with Crippen molar-refractivity contribution >= 4 is 8.32 Å². The minimum Gasteiger partial charge on any atom is -0.390 e. The molecule has 1 aliphatic rings. The Morgan fingerprint density at radius 2 is 1.71 bits per heavy atom. The number of ether oxygens (including phenoxy) is 1. The number of hydrogen-bond donors (Lipinski definition) is 0. The quantitative estimate of drug-likeness (QED) is 0.601. The summed E-state index contributed by atoms with van der Waals surface area (Å²) in [5.74, 6) is 0.296. The van der Waals surface area contributed by atoms with Gasteiger partial charge in [0.15, 0.2) is 19.9 Å². The van der Waals surface area contributed by atoms with Gasteiger partial charge >= 0.3 is 0 Å². The summed E-state index contributed by atoms with van der Waals surface area (Å²) in [5, 5.41) is 0.190. The van der Waals surface area contributed by atoms with Crippen molar-refractivity contribution in [1.29, 1.82) is 0 Å². The van der Waals surface area contributed by atoms with Crippen LogP contribution in [0.2, 0.25) is 18.1 Å². The Bertz CT molecular complexity index is 451. The lowest BCUT2D eigenvalue weighted by Gasteiger charge is -2.43. The Morgan fingerprint density at radius 1 is 1.14 bits per heavy atom. The fourth-order valence-corrected chi connectivity index (χ4v) is 3.91. The zero-order chi connectivity index (χ0) is 15.6. The Labute approximate surface area is 129 Å². The highest BCUT2D eigenvalue weighted by atomic mass is 28.4. The molecule has 118 valence electrons. The maximum atomic E-state index is 6.63. The van der Waals surface area contributed by atoms with Crippen molar-refractivity contribution in [1.82, 2.24) is 9.97 Å². The third-order valence-corrected chi connectivity index (χ3v) is 9.19. The van der Waals surface area contributed by atoms with E-state index < -0.39 is 14.1 Å². The van der Waals surface area contributed by atoms with Crippen molar-refractivity contribution < 1.29 is 9.16 Å². The number of aromatic nitrogens is 2. The normalized spacial score (nSPS) is 18.9. The van der Waals surface area contributed by atoms with Crippen LogP contribution in [-0.2, 0) is 15.8 Å². The second-order valence-electron chi connectivity index (χ2n) is 7.43. The SMILES string of the molecule is CC(C)(C)[Si](C)(C)OC1(OCc2ncccn2)CCCC1. The van der Waals surface area contributed by atoms with Crippen molar-refractivity contribution in [2.24, 2.45) is 0 Å². The molecule has 2 rings (SSSR count). The topological polar surface area (TPSA) is 44.2 Å². The minimum absolute atomic E-state index is 0.190. The van der Waals surface area contributed by atoms with Crippen LogP contribution >= 0.6 is 0 Å². The van der Waals surface area contributed by atoms with Gasteiger partial charge in [-0.2, -0.15) is 0 Å². The third kappa shape index (κ3) is 4.11. The van der Waals surface area contributed by atoms with Gasteiger partial charge in [-0.25, -0.2) is 9.97 Å². The van der Waals surface area contributed by atoms with Crippen molar-refractivity contribution in [3.8, 4) is 0 Å². The monoisotopic (exact) mass is 308 g/mol. The number of hydrogen-bond acceptors (Lipinski definition) is 4. The van der Waals surface area contributed by atoms with Gasteiger partial charge in [0, 0.05) is 25.2 Å². The fourth-order valence-electron chi connectivity index (χ4n) is 2.41. The Balaban J connectivity index is 2.07. The lowest BCUT2D eigenvalue weighted by atomic mass is 10.2. The Morgan fingerprint density at radius 3 is 2.24 bits per heavy atom. The lowest BCUT2D eigenvalue weighted by Crippen LogP contribution is -2.50. The second kappa shape index (κ2) is 6.14. The average molecular weight is 308 g/mol. The van der Waals surface area contributed by atoms with Crippen molar-refractivity contribution in [2.45, 2.75) is 77.0 Å². The van der Waals surface area contributed by atoms with Gasteiger partial charge in [-0.15, -0.1) is 0 Å². The van der Waals surface area contributed by atoms with Crippen LogP contribution in [0.4, 0.5) is 0 Å². The van der Waals surface area contributed by atoms with Gasteiger partial charge in [-0.3, -0.25) is 0 Å². The summed E-state index contributed by atoms with van der Waals surface area (Å²) in [6.07, 6.45) is 7.80. The van der Waals surface area contributed by atoms with Gasteiger partial charge in [0.2, 0.25) is 0 Å². The molecule has 0 radical (unpaired) electrons. The summed E-state index contributed by atoms with van der Waals surface area (Å²) < 4.78 is 12.8. The van der Waals surface area contributed by atoms with E-state index in [0.29, 0.717) is 6.61 Å². The maximum Gasteiger partial charge on any atom is 0.195 e. The van der Waals surface area contributed by atoms with Gasteiger partial charge in [0.05, 0.1) is 0 Å². The molecule has 0 atom stereocenters. The standard InChI is InChI=1S/C16H28N2O2Si/c1-15(2,3)21(4,5)20-16(9-6-7-10-16)19-13-14-17-11-8-12-18-14/h8,11-12H,6-7,9-10,13H2,1-5H3. The number of nitrogens with zero attached hydrogens (tertiary/aromatic N) is 2. The first kappa shape index (κ1) is 16.6. The average Bonchev–Trinajstić information content (AvgIpc) is 2.85. The molecule has 21 heavy (non-hydrogen) atoms. The van der Waals surface area contributed by atoms with Crippen molar-refractivity contribution in [2.75, 3.05) is 0 Å². The van der Waals surface area contributed by atoms with Crippen LogP contribution in [0, 0.1) is 0 Å².